The van der Waals surface area contributed by atoms with Gasteiger partial charge in [-0.25, -0.2) is 12.7 Å². The van der Waals surface area contributed by atoms with Gasteiger partial charge in [0.15, 0.2) is 0 Å². The number of hydrogen-bond donors (Lipinski definition) is 1. The van der Waals surface area contributed by atoms with E-state index in [1.165, 1.54) is 32.3 Å². The number of para-hydroxylation sites is 2. The lowest BCUT2D eigenvalue weighted by Crippen LogP contribution is -2.22. The van der Waals surface area contributed by atoms with Gasteiger partial charge in [0, 0.05) is 25.8 Å². The molecule has 0 aliphatic heterocycles. The Balaban J connectivity index is 2.39. The molecule has 0 atom stereocenters. The van der Waals surface area contributed by atoms with E-state index in [9.17, 15) is 18.5 Å². The second-order valence-electron chi connectivity index (χ2n) is 4.71. The van der Waals surface area contributed by atoms with Gasteiger partial charge in [0.1, 0.15) is 5.69 Å². The number of benzene rings is 2. The molecule has 0 aliphatic carbocycles. The third-order valence-corrected chi connectivity index (χ3v) is 4.80. The number of nitro benzene ring substituents is 1. The normalized spacial score (nSPS) is 11.4. The van der Waals surface area contributed by atoms with Gasteiger partial charge < -0.3 is 5.32 Å². The van der Waals surface area contributed by atoms with Crippen LogP contribution in [-0.4, -0.2) is 31.7 Å². The van der Waals surface area contributed by atoms with Crippen molar-refractivity contribution in [3.8, 4) is 0 Å². The third-order valence-electron chi connectivity index (χ3n) is 2.99. The lowest BCUT2D eigenvalue weighted by molar-refractivity contribution is -0.383. The Morgan fingerprint density at radius 1 is 1.09 bits per heavy atom. The summed E-state index contributed by atoms with van der Waals surface area (Å²) in [6.45, 7) is 0. The first-order chi connectivity index (χ1) is 10.3. The fourth-order valence-corrected chi connectivity index (χ4v) is 2.79. The number of hydrogen-bond acceptors (Lipinski definition) is 5. The Bertz CT molecular complexity index is 803. The van der Waals surface area contributed by atoms with Crippen LogP contribution in [0.25, 0.3) is 0 Å². The Morgan fingerprint density at radius 2 is 1.77 bits per heavy atom. The lowest BCUT2D eigenvalue weighted by Gasteiger charge is -2.13. The van der Waals surface area contributed by atoms with Crippen molar-refractivity contribution in [2.24, 2.45) is 0 Å². The molecule has 1 N–H and O–H groups in total. The molecule has 0 spiro atoms. The topological polar surface area (TPSA) is 92.6 Å². The first-order valence-electron chi connectivity index (χ1n) is 6.35. The summed E-state index contributed by atoms with van der Waals surface area (Å²) in [5.74, 6) is 0. The molecule has 0 unspecified atom stereocenters. The zero-order valence-electron chi connectivity index (χ0n) is 12.1. The first kappa shape index (κ1) is 15.9. The molecule has 2 aromatic rings. The highest BCUT2D eigenvalue weighted by Crippen LogP contribution is 2.28. The summed E-state index contributed by atoms with van der Waals surface area (Å²) < 4.78 is 25.3. The van der Waals surface area contributed by atoms with Crippen LogP contribution < -0.4 is 5.32 Å². The summed E-state index contributed by atoms with van der Waals surface area (Å²) in [4.78, 5) is 10.6. The Kier molecular flexibility index (Phi) is 4.43. The second kappa shape index (κ2) is 6.12. The van der Waals surface area contributed by atoms with E-state index in [1.54, 1.807) is 30.3 Å². The fraction of sp³-hybridized carbons (Fsp3) is 0.143. The number of anilines is 2. The second-order valence-corrected chi connectivity index (χ2v) is 6.87. The van der Waals surface area contributed by atoms with Crippen molar-refractivity contribution in [3.63, 3.8) is 0 Å². The summed E-state index contributed by atoms with van der Waals surface area (Å²) in [6.07, 6.45) is 0. The van der Waals surface area contributed by atoms with Crippen LogP contribution in [0.1, 0.15) is 0 Å². The molecule has 0 saturated heterocycles. The maximum atomic E-state index is 12.1. The molecule has 22 heavy (non-hydrogen) atoms. The predicted octanol–water partition coefficient (Wildman–Crippen LogP) is 2.59. The van der Waals surface area contributed by atoms with Crippen LogP contribution in [0, 0.1) is 10.1 Å². The van der Waals surface area contributed by atoms with Gasteiger partial charge in [0.05, 0.1) is 9.82 Å². The van der Waals surface area contributed by atoms with Gasteiger partial charge in [0.25, 0.3) is 5.69 Å². The van der Waals surface area contributed by atoms with Crippen LogP contribution in [0.4, 0.5) is 17.1 Å². The standard InChI is InChI=1S/C14H15N3O4S/c1-16(2)22(20,21)12-7-5-6-11(10-12)15-13-8-3-4-9-14(13)17(18)19/h3-10,15H,1-2H3. The summed E-state index contributed by atoms with van der Waals surface area (Å²) >= 11 is 0. The van der Waals surface area contributed by atoms with Gasteiger partial charge in [-0.3, -0.25) is 10.1 Å². The summed E-state index contributed by atoms with van der Waals surface area (Å²) in [5.41, 5.74) is 0.674. The molecule has 0 aromatic heterocycles. The SMILES string of the molecule is CN(C)S(=O)(=O)c1cccc(Nc2ccccc2[N+](=O)[O-])c1. The molecule has 0 saturated carbocycles. The van der Waals surface area contributed by atoms with E-state index in [-0.39, 0.29) is 10.6 Å². The highest BCUT2D eigenvalue weighted by Gasteiger charge is 2.18. The van der Waals surface area contributed by atoms with Crippen LogP contribution in [0.15, 0.2) is 53.4 Å². The Hall–Kier alpha value is -2.45. The van der Waals surface area contributed by atoms with Crippen molar-refractivity contribution in [3.05, 3.63) is 58.6 Å². The molecule has 2 rings (SSSR count). The highest BCUT2D eigenvalue weighted by atomic mass is 32.2. The van der Waals surface area contributed by atoms with Crippen molar-refractivity contribution in [2.75, 3.05) is 19.4 Å². The average Bonchev–Trinajstić information content (AvgIpc) is 2.47. The molecular weight excluding hydrogens is 306 g/mol. The van der Waals surface area contributed by atoms with Crippen molar-refractivity contribution >= 4 is 27.1 Å². The lowest BCUT2D eigenvalue weighted by atomic mass is 10.2. The third kappa shape index (κ3) is 3.23. The molecule has 0 heterocycles. The van der Waals surface area contributed by atoms with Crippen molar-refractivity contribution in [1.82, 2.24) is 4.31 Å². The van der Waals surface area contributed by atoms with E-state index >= 15 is 0 Å². The van der Waals surface area contributed by atoms with E-state index in [4.69, 9.17) is 0 Å². The number of nitrogens with one attached hydrogen (secondary N) is 1. The molecule has 0 amide bonds. The minimum Gasteiger partial charge on any atom is -0.350 e. The largest absolute Gasteiger partial charge is 0.350 e. The van der Waals surface area contributed by atoms with E-state index in [0.717, 1.165) is 4.31 Å². The molecule has 7 nitrogen and oxygen atoms in total. The molecular formula is C14H15N3O4S. The van der Waals surface area contributed by atoms with Gasteiger partial charge in [-0.05, 0) is 24.3 Å². The number of rotatable bonds is 5. The monoisotopic (exact) mass is 321 g/mol. The molecule has 0 radical (unpaired) electrons. The fourth-order valence-electron chi connectivity index (χ4n) is 1.84. The number of nitrogens with zero attached hydrogens (tertiary/aromatic N) is 2. The van der Waals surface area contributed by atoms with Crippen molar-refractivity contribution in [2.45, 2.75) is 4.90 Å². The molecule has 2 aromatic carbocycles. The molecule has 8 heteroatoms. The average molecular weight is 321 g/mol. The van der Waals surface area contributed by atoms with E-state index in [1.807, 2.05) is 0 Å². The van der Waals surface area contributed by atoms with Crippen LogP contribution in [0.5, 0.6) is 0 Å². The van der Waals surface area contributed by atoms with Gasteiger partial charge >= 0.3 is 0 Å². The smallest absolute Gasteiger partial charge is 0.292 e. The zero-order chi connectivity index (χ0) is 16.3. The van der Waals surface area contributed by atoms with Crippen LogP contribution in [0.2, 0.25) is 0 Å². The Labute approximate surface area is 128 Å². The summed E-state index contributed by atoms with van der Waals surface area (Å²) in [6, 6.07) is 12.3. The van der Waals surface area contributed by atoms with E-state index in [2.05, 4.69) is 5.32 Å². The predicted molar refractivity (Wildman–Crippen MR) is 83.7 cm³/mol. The van der Waals surface area contributed by atoms with Crippen LogP contribution in [0.3, 0.4) is 0 Å². The van der Waals surface area contributed by atoms with Crippen molar-refractivity contribution < 1.29 is 13.3 Å². The number of nitro groups is 1. The molecule has 0 aliphatic rings. The van der Waals surface area contributed by atoms with E-state index < -0.39 is 14.9 Å². The summed E-state index contributed by atoms with van der Waals surface area (Å²) in [7, 11) is -0.675. The minimum absolute atomic E-state index is 0.0802. The zero-order valence-corrected chi connectivity index (χ0v) is 12.9. The maximum Gasteiger partial charge on any atom is 0.292 e. The van der Waals surface area contributed by atoms with Crippen LogP contribution in [-0.2, 0) is 10.0 Å². The van der Waals surface area contributed by atoms with Crippen molar-refractivity contribution in [1.29, 1.82) is 0 Å². The minimum atomic E-state index is -3.56. The van der Waals surface area contributed by atoms with Gasteiger partial charge in [-0.15, -0.1) is 0 Å². The van der Waals surface area contributed by atoms with Gasteiger partial charge in [-0.2, -0.15) is 0 Å². The maximum absolute atomic E-state index is 12.1. The quantitative estimate of drug-likeness (QED) is 0.675. The Morgan fingerprint density at radius 3 is 2.41 bits per heavy atom. The first-order valence-corrected chi connectivity index (χ1v) is 7.79. The van der Waals surface area contributed by atoms with Gasteiger partial charge in [0.2, 0.25) is 10.0 Å². The molecule has 0 fully saturated rings. The highest BCUT2D eigenvalue weighted by molar-refractivity contribution is 7.89. The van der Waals surface area contributed by atoms with Crippen LogP contribution >= 0.6 is 0 Å². The summed E-state index contributed by atoms with van der Waals surface area (Å²) in [5, 5.41) is 13.9. The molecule has 116 valence electrons. The number of sulfonamides is 1. The van der Waals surface area contributed by atoms with E-state index in [0.29, 0.717) is 11.4 Å². The van der Waals surface area contributed by atoms with Gasteiger partial charge in [-0.1, -0.05) is 18.2 Å². The molecule has 0 bridgehead atoms.